The molecule has 3 rings (SSSR count). The monoisotopic (exact) mass is 367 g/mol. The van der Waals surface area contributed by atoms with Gasteiger partial charge in [-0.1, -0.05) is 53.7 Å². The van der Waals surface area contributed by atoms with Crippen molar-refractivity contribution in [3.8, 4) is 0 Å². The number of fused-ring (bicyclic) bond motifs is 1. The zero-order chi connectivity index (χ0) is 18.5. The Labute approximate surface area is 156 Å². The number of para-hydroxylation sites is 1. The zero-order valence-electron chi connectivity index (χ0n) is 14.9. The van der Waals surface area contributed by atoms with Gasteiger partial charge in [-0.2, -0.15) is 0 Å². The van der Waals surface area contributed by atoms with E-state index in [0.717, 1.165) is 5.56 Å². The molecule has 0 atom stereocenters. The smallest absolute Gasteiger partial charge is 0.262 e. The van der Waals surface area contributed by atoms with Crippen LogP contribution >= 0.6 is 11.8 Å². The van der Waals surface area contributed by atoms with E-state index in [1.807, 2.05) is 56.3 Å². The van der Waals surface area contributed by atoms with Gasteiger partial charge in [-0.25, -0.2) is 4.98 Å². The zero-order valence-corrected chi connectivity index (χ0v) is 15.7. The molecule has 0 aliphatic heterocycles. The summed E-state index contributed by atoms with van der Waals surface area (Å²) in [5.41, 5.74) is 2.75. The van der Waals surface area contributed by atoms with E-state index in [0.29, 0.717) is 29.1 Å². The second-order valence-electron chi connectivity index (χ2n) is 6.03. The van der Waals surface area contributed by atoms with Crippen molar-refractivity contribution in [2.75, 3.05) is 12.3 Å². The minimum Gasteiger partial charge on any atom is -0.356 e. The molecule has 0 bridgehead atoms. The molecular weight excluding hydrogens is 346 g/mol. The van der Waals surface area contributed by atoms with Gasteiger partial charge < -0.3 is 5.32 Å². The van der Waals surface area contributed by atoms with Gasteiger partial charge in [0.1, 0.15) is 0 Å². The van der Waals surface area contributed by atoms with Crippen LogP contribution in [0.15, 0.2) is 58.5 Å². The third kappa shape index (κ3) is 4.14. The summed E-state index contributed by atoms with van der Waals surface area (Å²) in [7, 11) is 0. The molecule has 0 saturated heterocycles. The summed E-state index contributed by atoms with van der Waals surface area (Å²) in [5, 5.41) is 3.91. The Balaban J connectivity index is 2.01. The van der Waals surface area contributed by atoms with E-state index in [4.69, 9.17) is 0 Å². The fourth-order valence-electron chi connectivity index (χ4n) is 2.65. The van der Waals surface area contributed by atoms with Gasteiger partial charge in [0.2, 0.25) is 5.91 Å². The summed E-state index contributed by atoms with van der Waals surface area (Å²) in [6.45, 7) is 4.92. The van der Waals surface area contributed by atoms with E-state index < -0.39 is 0 Å². The first-order valence-electron chi connectivity index (χ1n) is 8.53. The molecule has 0 unspecified atom stereocenters. The Morgan fingerprint density at radius 1 is 1.15 bits per heavy atom. The van der Waals surface area contributed by atoms with E-state index in [1.165, 1.54) is 17.3 Å². The molecule has 1 heterocycles. The van der Waals surface area contributed by atoms with E-state index >= 15 is 0 Å². The number of rotatable bonds is 6. The number of carbonyl (C=O) groups is 1. The Kier molecular flexibility index (Phi) is 5.73. The lowest BCUT2D eigenvalue weighted by atomic mass is 10.1. The number of hydrogen-bond donors (Lipinski definition) is 1. The lowest BCUT2D eigenvalue weighted by molar-refractivity contribution is -0.118. The molecule has 1 N–H and O–H groups in total. The molecule has 0 fully saturated rings. The molecule has 0 radical (unpaired) electrons. The molecule has 1 amide bonds. The summed E-state index contributed by atoms with van der Waals surface area (Å²) >= 11 is 1.29. The van der Waals surface area contributed by atoms with Gasteiger partial charge in [0.25, 0.3) is 5.56 Å². The van der Waals surface area contributed by atoms with E-state index in [9.17, 15) is 9.59 Å². The summed E-state index contributed by atoms with van der Waals surface area (Å²) in [4.78, 5) is 29.5. The fraction of sp³-hybridized carbons (Fsp3) is 0.250. The molecule has 0 aliphatic rings. The fourth-order valence-corrected chi connectivity index (χ4v) is 3.48. The Morgan fingerprint density at radius 3 is 2.62 bits per heavy atom. The van der Waals surface area contributed by atoms with Crippen LogP contribution in [0.3, 0.4) is 0 Å². The van der Waals surface area contributed by atoms with Gasteiger partial charge in [0.15, 0.2) is 5.16 Å². The standard InChI is InChI=1S/C20H21N3O2S/c1-3-21-18(24)13-26-20-22-17-7-5-4-6-16(17)19(25)23(20)12-15-10-8-14(2)9-11-15/h4-11H,3,12-13H2,1-2H3,(H,21,24). The summed E-state index contributed by atoms with van der Waals surface area (Å²) < 4.78 is 1.65. The number of aryl methyl sites for hydroxylation is 1. The third-order valence-corrected chi connectivity index (χ3v) is 4.97. The van der Waals surface area contributed by atoms with Crippen molar-refractivity contribution >= 4 is 28.6 Å². The minimum absolute atomic E-state index is 0.0678. The number of carbonyl (C=O) groups excluding carboxylic acids is 1. The molecule has 5 nitrogen and oxygen atoms in total. The van der Waals surface area contributed by atoms with Gasteiger partial charge in [-0.3, -0.25) is 14.2 Å². The maximum atomic E-state index is 13.0. The molecule has 1 aromatic heterocycles. The summed E-state index contributed by atoms with van der Waals surface area (Å²) in [5.74, 6) is 0.161. The average molecular weight is 367 g/mol. The van der Waals surface area contributed by atoms with E-state index in [2.05, 4.69) is 10.3 Å². The van der Waals surface area contributed by atoms with Crippen LogP contribution in [0.4, 0.5) is 0 Å². The van der Waals surface area contributed by atoms with Gasteiger partial charge in [-0.05, 0) is 31.5 Å². The highest BCUT2D eigenvalue weighted by molar-refractivity contribution is 7.99. The van der Waals surface area contributed by atoms with Gasteiger partial charge in [0, 0.05) is 6.54 Å². The van der Waals surface area contributed by atoms with Crippen molar-refractivity contribution in [2.24, 2.45) is 0 Å². The first-order valence-corrected chi connectivity index (χ1v) is 9.51. The van der Waals surface area contributed by atoms with Crippen molar-refractivity contribution in [1.29, 1.82) is 0 Å². The Hall–Kier alpha value is -2.60. The maximum absolute atomic E-state index is 13.0. The molecule has 26 heavy (non-hydrogen) atoms. The lowest BCUT2D eigenvalue weighted by Gasteiger charge is -2.13. The predicted molar refractivity (Wildman–Crippen MR) is 106 cm³/mol. The molecule has 0 spiro atoms. The number of thioether (sulfide) groups is 1. The summed E-state index contributed by atoms with van der Waals surface area (Å²) in [6.07, 6.45) is 0. The highest BCUT2D eigenvalue weighted by Gasteiger charge is 2.13. The van der Waals surface area contributed by atoms with Gasteiger partial charge in [-0.15, -0.1) is 0 Å². The first kappa shape index (κ1) is 18.2. The molecular formula is C20H21N3O2S. The number of benzene rings is 2. The van der Waals surface area contributed by atoms with Crippen LogP contribution in [0, 0.1) is 6.92 Å². The van der Waals surface area contributed by atoms with Crippen LogP contribution in [0.1, 0.15) is 18.1 Å². The van der Waals surface area contributed by atoms with E-state index in [-0.39, 0.29) is 17.2 Å². The molecule has 6 heteroatoms. The van der Waals surface area contributed by atoms with Gasteiger partial charge >= 0.3 is 0 Å². The third-order valence-electron chi connectivity index (χ3n) is 3.99. The predicted octanol–water partition coefficient (Wildman–Crippen LogP) is 2.98. The molecule has 0 saturated carbocycles. The topological polar surface area (TPSA) is 64.0 Å². The van der Waals surface area contributed by atoms with Crippen LogP contribution in [-0.4, -0.2) is 27.8 Å². The van der Waals surface area contributed by atoms with Crippen LogP contribution < -0.4 is 10.9 Å². The highest BCUT2D eigenvalue weighted by Crippen LogP contribution is 2.19. The van der Waals surface area contributed by atoms with Gasteiger partial charge in [0.05, 0.1) is 23.2 Å². The minimum atomic E-state index is -0.0884. The Morgan fingerprint density at radius 2 is 1.88 bits per heavy atom. The van der Waals surface area contributed by atoms with Crippen LogP contribution in [0.2, 0.25) is 0 Å². The van der Waals surface area contributed by atoms with Crippen molar-refractivity contribution < 1.29 is 4.79 Å². The number of hydrogen-bond acceptors (Lipinski definition) is 4. The highest BCUT2D eigenvalue weighted by atomic mass is 32.2. The number of nitrogens with one attached hydrogen (secondary N) is 1. The van der Waals surface area contributed by atoms with Crippen molar-refractivity contribution in [3.63, 3.8) is 0 Å². The molecule has 2 aromatic carbocycles. The second-order valence-corrected chi connectivity index (χ2v) is 6.97. The molecule has 134 valence electrons. The molecule has 0 aliphatic carbocycles. The normalized spacial score (nSPS) is 10.8. The van der Waals surface area contributed by atoms with Crippen LogP contribution in [0.5, 0.6) is 0 Å². The quantitative estimate of drug-likeness (QED) is 0.537. The van der Waals surface area contributed by atoms with Crippen molar-refractivity contribution in [3.05, 3.63) is 70.0 Å². The summed E-state index contributed by atoms with van der Waals surface area (Å²) in [6, 6.07) is 15.4. The number of aromatic nitrogens is 2. The second kappa shape index (κ2) is 8.19. The van der Waals surface area contributed by atoms with Crippen molar-refractivity contribution in [1.82, 2.24) is 14.9 Å². The SMILES string of the molecule is CCNC(=O)CSc1nc2ccccc2c(=O)n1Cc1ccc(C)cc1. The number of amides is 1. The molecule has 3 aromatic rings. The average Bonchev–Trinajstić information content (AvgIpc) is 2.64. The van der Waals surface area contributed by atoms with Crippen molar-refractivity contribution in [2.45, 2.75) is 25.5 Å². The largest absolute Gasteiger partial charge is 0.356 e. The first-order chi connectivity index (χ1) is 12.6. The van der Waals surface area contributed by atoms with Crippen LogP contribution in [0.25, 0.3) is 10.9 Å². The Bertz CT molecular complexity index is 981. The lowest BCUT2D eigenvalue weighted by Crippen LogP contribution is -2.27. The maximum Gasteiger partial charge on any atom is 0.262 e. The number of nitrogens with zero attached hydrogens (tertiary/aromatic N) is 2. The van der Waals surface area contributed by atoms with Crippen LogP contribution in [-0.2, 0) is 11.3 Å². The van der Waals surface area contributed by atoms with E-state index in [1.54, 1.807) is 10.6 Å².